The van der Waals surface area contributed by atoms with Crippen LogP contribution in [-0.2, 0) is 6.42 Å². The first-order valence-electron chi connectivity index (χ1n) is 15.7. The lowest BCUT2D eigenvalue weighted by Crippen LogP contribution is -2.39. The van der Waals surface area contributed by atoms with E-state index < -0.39 is 0 Å². The van der Waals surface area contributed by atoms with Crippen molar-refractivity contribution in [3.05, 3.63) is 76.9 Å². The van der Waals surface area contributed by atoms with E-state index in [9.17, 15) is 0 Å². The first-order valence-corrected chi connectivity index (χ1v) is 15.7. The number of hydrogen-bond donors (Lipinski definition) is 0. The van der Waals surface area contributed by atoms with Crippen molar-refractivity contribution in [2.75, 3.05) is 38.6 Å². The van der Waals surface area contributed by atoms with E-state index in [4.69, 9.17) is 0 Å². The van der Waals surface area contributed by atoms with Gasteiger partial charge in [-0.25, -0.2) is 0 Å². The van der Waals surface area contributed by atoms with Crippen LogP contribution in [0.4, 0.5) is 5.69 Å². The molecule has 0 saturated carbocycles. The minimum atomic E-state index is 0.513. The van der Waals surface area contributed by atoms with E-state index in [-0.39, 0.29) is 0 Å². The monoisotopic (exact) mass is 537 g/mol. The minimum absolute atomic E-state index is 0.513. The number of anilines is 1. The van der Waals surface area contributed by atoms with E-state index in [1.165, 1.54) is 73.3 Å². The van der Waals surface area contributed by atoms with Gasteiger partial charge in [0.05, 0.1) is 0 Å². The maximum Gasteiger partial charge on any atom is 0.0361 e. The lowest BCUT2D eigenvalue weighted by Gasteiger charge is -2.36. The third-order valence-electron chi connectivity index (χ3n) is 7.83. The van der Waals surface area contributed by atoms with Gasteiger partial charge in [-0.15, -0.1) is 0 Å². The van der Waals surface area contributed by atoms with E-state index in [1.807, 2.05) is 13.8 Å². The van der Waals surface area contributed by atoms with Crippen LogP contribution in [0.2, 0.25) is 0 Å². The van der Waals surface area contributed by atoms with Crippen LogP contribution in [-0.4, -0.2) is 38.6 Å². The lowest BCUT2D eigenvalue weighted by molar-refractivity contribution is 0.124. The molecule has 0 unspecified atom stereocenters. The molecular weight excluding hydrogens is 472 g/mol. The van der Waals surface area contributed by atoms with Gasteiger partial charge in [0.1, 0.15) is 0 Å². The van der Waals surface area contributed by atoms with E-state index in [0.717, 1.165) is 18.8 Å². The number of allylic oxidation sites excluding steroid dienone is 8. The van der Waals surface area contributed by atoms with Crippen LogP contribution in [0.1, 0.15) is 107 Å². The summed E-state index contributed by atoms with van der Waals surface area (Å²) in [6.45, 7) is 26.0. The summed E-state index contributed by atoms with van der Waals surface area (Å²) in [5.41, 5.74) is 7.16. The van der Waals surface area contributed by atoms with Crippen molar-refractivity contribution in [3.8, 4) is 0 Å². The van der Waals surface area contributed by atoms with Crippen LogP contribution in [0, 0.1) is 11.3 Å². The van der Waals surface area contributed by atoms with Crippen molar-refractivity contribution in [2.24, 2.45) is 11.3 Å². The van der Waals surface area contributed by atoms with Gasteiger partial charge in [0, 0.05) is 26.3 Å². The summed E-state index contributed by atoms with van der Waals surface area (Å²) in [6, 6.07) is 8.83. The molecule has 1 fully saturated rings. The zero-order chi connectivity index (χ0) is 29.8. The van der Waals surface area contributed by atoms with E-state index in [0.29, 0.717) is 5.41 Å². The molecule has 1 aliphatic heterocycles. The summed E-state index contributed by atoms with van der Waals surface area (Å²) in [7, 11) is 4.15. The number of piperidine rings is 1. The normalized spacial score (nSPS) is 15.9. The highest BCUT2D eigenvalue weighted by Gasteiger charge is 2.23. The van der Waals surface area contributed by atoms with Crippen molar-refractivity contribution < 1.29 is 0 Å². The van der Waals surface area contributed by atoms with Crippen LogP contribution in [0.25, 0.3) is 0 Å². The largest absolute Gasteiger partial charge is 0.378 e. The zero-order valence-electron chi connectivity index (χ0n) is 28.0. The zero-order valence-corrected chi connectivity index (χ0v) is 28.0. The molecule has 0 amide bonds. The predicted octanol–water partition coefficient (Wildman–Crippen LogP) is 10.7. The summed E-state index contributed by atoms with van der Waals surface area (Å²) in [4.78, 5) is 4.79. The highest BCUT2D eigenvalue weighted by atomic mass is 15.1. The van der Waals surface area contributed by atoms with Gasteiger partial charge in [-0.3, -0.25) is 0 Å². The quantitative estimate of drug-likeness (QED) is 0.259. The Bertz CT molecular complexity index is 872. The van der Waals surface area contributed by atoms with Gasteiger partial charge < -0.3 is 9.80 Å². The predicted molar refractivity (Wildman–Crippen MR) is 180 cm³/mol. The topological polar surface area (TPSA) is 6.48 Å². The maximum atomic E-state index is 2.66. The molecule has 1 aliphatic rings. The van der Waals surface area contributed by atoms with Gasteiger partial charge in [-0.2, -0.15) is 0 Å². The average Bonchev–Trinajstić information content (AvgIpc) is 2.94. The van der Waals surface area contributed by atoms with Gasteiger partial charge in [0.25, 0.3) is 0 Å². The highest BCUT2D eigenvalue weighted by molar-refractivity contribution is 5.51. The van der Waals surface area contributed by atoms with Crippen LogP contribution in [0.3, 0.4) is 0 Å². The molecule has 1 aromatic carbocycles. The number of rotatable bonds is 11. The van der Waals surface area contributed by atoms with E-state index in [2.05, 4.69) is 134 Å². The van der Waals surface area contributed by atoms with Crippen LogP contribution in [0.15, 0.2) is 71.4 Å². The van der Waals surface area contributed by atoms with Crippen molar-refractivity contribution >= 4 is 5.69 Å². The lowest BCUT2D eigenvalue weighted by atomic mass is 9.87. The third kappa shape index (κ3) is 14.8. The van der Waals surface area contributed by atoms with Gasteiger partial charge in [-0.05, 0) is 112 Å². The molecule has 0 N–H and O–H groups in total. The number of likely N-dealkylation sites (tertiary alicyclic amines) is 1. The Kier molecular flexibility index (Phi) is 19.7. The molecule has 0 aromatic heterocycles. The molecule has 0 atom stereocenters. The summed E-state index contributed by atoms with van der Waals surface area (Å²) >= 11 is 0. The van der Waals surface area contributed by atoms with Crippen molar-refractivity contribution in [1.82, 2.24) is 4.90 Å². The first-order chi connectivity index (χ1) is 18.6. The van der Waals surface area contributed by atoms with Crippen molar-refractivity contribution in [1.29, 1.82) is 0 Å². The van der Waals surface area contributed by atoms with Gasteiger partial charge in [0.15, 0.2) is 0 Å². The summed E-state index contributed by atoms with van der Waals surface area (Å²) in [6.07, 6.45) is 18.5. The summed E-state index contributed by atoms with van der Waals surface area (Å²) in [5, 5.41) is 0. The van der Waals surface area contributed by atoms with Gasteiger partial charge >= 0.3 is 0 Å². The molecule has 0 spiro atoms. The van der Waals surface area contributed by atoms with E-state index in [1.54, 1.807) is 0 Å². The Balaban J connectivity index is 0.000000769. The third-order valence-corrected chi connectivity index (χ3v) is 7.83. The Morgan fingerprint density at radius 1 is 1.00 bits per heavy atom. The molecule has 2 rings (SSSR count). The van der Waals surface area contributed by atoms with Gasteiger partial charge in [-0.1, -0.05) is 97.4 Å². The van der Waals surface area contributed by atoms with Crippen LogP contribution >= 0.6 is 0 Å². The number of nitrogens with zero attached hydrogens (tertiary/aromatic N) is 2. The summed E-state index contributed by atoms with van der Waals surface area (Å²) in [5.74, 6) is 1.01. The maximum absolute atomic E-state index is 2.66. The molecule has 0 aliphatic carbocycles. The molecule has 222 valence electrons. The fourth-order valence-corrected chi connectivity index (χ4v) is 4.85. The van der Waals surface area contributed by atoms with Crippen molar-refractivity contribution in [3.63, 3.8) is 0 Å². The Labute approximate surface area is 245 Å². The summed E-state index contributed by atoms with van der Waals surface area (Å²) < 4.78 is 0. The van der Waals surface area contributed by atoms with Gasteiger partial charge in [0.2, 0.25) is 0 Å². The van der Waals surface area contributed by atoms with E-state index >= 15 is 0 Å². The molecule has 2 heteroatoms. The SMILES string of the molecule is CC.CCC1CCN(CC(C)(C)CC)CC1.C\C=C/C=C(C(=C\C)/Cc1ccc(N(C)C)cc1)\C(C)=C\CC. The first kappa shape index (κ1) is 36.9. The molecular formula is C37H64N2. The average molecular weight is 537 g/mol. The smallest absolute Gasteiger partial charge is 0.0361 e. The Hall–Kier alpha value is -2.06. The Morgan fingerprint density at radius 2 is 1.59 bits per heavy atom. The molecule has 2 nitrogen and oxygen atoms in total. The number of benzene rings is 1. The molecule has 1 aromatic rings. The van der Waals surface area contributed by atoms with Crippen molar-refractivity contribution in [2.45, 2.75) is 108 Å². The fraction of sp³-hybridized carbons (Fsp3) is 0.622. The molecule has 39 heavy (non-hydrogen) atoms. The fourth-order valence-electron chi connectivity index (χ4n) is 4.85. The highest BCUT2D eigenvalue weighted by Crippen LogP contribution is 2.26. The molecule has 1 heterocycles. The second-order valence-corrected chi connectivity index (χ2v) is 11.6. The number of hydrogen-bond acceptors (Lipinski definition) is 2. The van der Waals surface area contributed by atoms with Crippen LogP contribution < -0.4 is 4.90 Å². The second kappa shape index (κ2) is 20.8. The Morgan fingerprint density at radius 3 is 2.03 bits per heavy atom. The molecule has 0 bridgehead atoms. The van der Waals surface area contributed by atoms with Crippen LogP contribution in [0.5, 0.6) is 0 Å². The molecule has 1 saturated heterocycles. The standard InChI is InChI=1S/C22H31N.C13H27N.C2H6/c1-7-10-12-22(18(4)11-8-2)20(9-3)17-19-13-15-21(16-14-19)23(5)6;1-5-12-7-9-14(10-8-12)11-13(3,4)6-2;1-2/h7,9-16H,8,17H2,1-6H3;12H,5-11H2,1-4H3;1-2H3/b10-7-,18-11+,20-9-,22-12+;;. The minimum Gasteiger partial charge on any atom is -0.378 e. The second-order valence-electron chi connectivity index (χ2n) is 11.6. The molecule has 0 radical (unpaired) electrons.